The van der Waals surface area contributed by atoms with Gasteiger partial charge in [-0.05, 0) is 23.8 Å². The summed E-state index contributed by atoms with van der Waals surface area (Å²) in [5, 5.41) is 1.96. The van der Waals surface area contributed by atoms with Crippen LogP contribution in [0.3, 0.4) is 0 Å². The number of nitrogens with two attached hydrogens (primary N) is 1. The van der Waals surface area contributed by atoms with Gasteiger partial charge < -0.3 is 20.1 Å². The lowest BCUT2D eigenvalue weighted by Crippen LogP contribution is -2.11. The molecule has 2 N–H and O–H groups in total. The second kappa shape index (κ2) is 6.28. The third-order valence-electron chi connectivity index (χ3n) is 3.98. The standard InChI is InChI=1S/C19H21N3O2/c1-22(2)19-15-9-14(23-3)10-17(24-4)18(15)16(11-21-19)12-6-5-7-13(20)8-12/h5-11H,20H2,1-4H3. The van der Waals surface area contributed by atoms with Crippen LogP contribution in [0, 0.1) is 0 Å². The van der Waals surface area contributed by atoms with Crippen molar-refractivity contribution in [3.63, 3.8) is 0 Å². The summed E-state index contributed by atoms with van der Waals surface area (Å²) < 4.78 is 11.1. The van der Waals surface area contributed by atoms with Crippen LogP contribution in [0.25, 0.3) is 21.9 Å². The van der Waals surface area contributed by atoms with Crippen molar-refractivity contribution < 1.29 is 9.47 Å². The number of hydrogen-bond acceptors (Lipinski definition) is 5. The van der Waals surface area contributed by atoms with E-state index in [-0.39, 0.29) is 0 Å². The smallest absolute Gasteiger partial charge is 0.136 e. The summed E-state index contributed by atoms with van der Waals surface area (Å²) in [7, 11) is 7.24. The maximum absolute atomic E-state index is 5.95. The molecule has 0 aliphatic rings. The number of nitrogens with zero attached hydrogens (tertiary/aromatic N) is 2. The molecule has 0 atom stereocenters. The molecule has 0 fully saturated rings. The van der Waals surface area contributed by atoms with E-state index in [4.69, 9.17) is 15.2 Å². The molecule has 0 unspecified atom stereocenters. The normalized spacial score (nSPS) is 10.7. The topological polar surface area (TPSA) is 60.6 Å². The predicted octanol–water partition coefficient (Wildman–Crippen LogP) is 3.57. The number of rotatable bonds is 4. The molecule has 2 aromatic carbocycles. The molecule has 3 rings (SSSR count). The van der Waals surface area contributed by atoms with E-state index in [1.165, 1.54) is 0 Å². The van der Waals surface area contributed by atoms with Gasteiger partial charge in [0.05, 0.1) is 14.2 Å². The van der Waals surface area contributed by atoms with Crippen LogP contribution in [0.4, 0.5) is 11.5 Å². The van der Waals surface area contributed by atoms with Crippen molar-refractivity contribution in [1.82, 2.24) is 4.98 Å². The summed E-state index contributed by atoms with van der Waals surface area (Å²) in [5.74, 6) is 2.33. The molecule has 1 aromatic heterocycles. The van der Waals surface area contributed by atoms with Crippen LogP contribution in [0.15, 0.2) is 42.6 Å². The zero-order valence-electron chi connectivity index (χ0n) is 14.3. The molecule has 5 heteroatoms. The fourth-order valence-corrected chi connectivity index (χ4v) is 2.86. The van der Waals surface area contributed by atoms with Crippen molar-refractivity contribution in [1.29, 1.82) is 0 Å². The van der Waals surface area contributed by atoms with E-state index in [0.717, 1.165) is 39.2 Å². The second-order valence-electron chi connectivity index (χ2n) is 5.77. The average Bonchev–Trinajstić information content (AvgIpc) is 2.59. The Morgan fingerprint density at radius 1 is 1.04 bits per heavy atom. The maximum Gasteiger partial charge on any atom is 0.136 e. The van der Waals surface area contributed by atoms with E-state index < -0.39 is 0 Å². The van der Waals surface area contributed by atoms with E-state index in [2.05, 4.69) is 4.98 Å². The molecule has 0 aliphatic heterocycles. The Bertz CT molecular complexity index is 891. The van der Waals surface area contributed by atoms with Crippen LogP contribution < -0.4 is 20.1 Å². The Morgan fingerprint density at radius 2 is 1.83 bits per heavy atom. The van der Waals surface area contributed by atoms with Gasteiger partial charge in [0.2, 0.25) is 0 Å². The molecule has 0 bridgehead atoms. The fraction of sp³-hybridized carbons (Fsp3) is 0.211. The number of ether oxygens (including phenoxy) is 2. The third-order valence-corrected chi connectivity index (χ3v) is 3.98. The van der Waals surface area contributed by atoms with Crippen molar-refractivity contribution in [2.75, 3.05) is 38.9 Å². The summed E-state index contributed by atoms with van der Waals surface area (Å²) in [6.07, 6.45) is 1.86. The molecule has 0 saturated carbocycles. The second-order valence-corrected chi connectivity index (χ2v) is 5.77. The van der Waals surface area contributed by atoms with Crippen LogP contribution in [-0.4, -0.2) is 33.3 Å². The number of methoxy groups -OCH3 is 2. The fourth-order valence-electron chi connectivity index (χ4n) is 2.86. The highest BCUT2D eigenvalue weighted by Crippen LogP contribution is 2.41. The quantitative estimate of drug-likeness (QED) is 0.744. The number of pyridine rings is 1. The van der Waals surface area contributed by atoms with Gasteiger partial charge >= 0.3 is 0 Å². The number of nitrogen functional groups attached to an aromatic ring is 1. The molecule has 5 nitrogen and oxygen atoms in total. The monoisotopic (exact) mass is 323 g/mol. The van der Waals surface area contributed by atoms with Crippen LogP contribution >= 0.6 is 0 Å². The highest BCUT2D eigenvalue weighted by molar-refractivity contribution is 6.06. The van der Waals surface area contributed by atoms with Gasteiger partial charge in [0.25, 0.3) is 0 Å². The SMILES string of the molecule is COc1cc(OC)c2c(-c3cccc(N)c3)cnc(N(C)C)c2c1. The Morgan fingerprint density at radius 3 is 2.46 bits per heavy atom. The van der Waals surface area contributed by atoms with Crippen molar-refractivity contribution in [2.24, 2.45) is 0 Å². The van der Waals surface area contributed by atoms with Gasteiger partial charge in [-0.25, -0.2) is 4.98 Å². The lowest BCUT2D eigenvalue weighted by atomic mass is 9.98. The molecule has 0 radical (unpaired) electrons. The molecule has 1 heterocycles. The third kappa shape index (κ3) is 2.69. The zero-order chi connectivity index (χ0) is 17.3. The van der Waals surface area contributed by atoms with Gasteiger partial charge in [-0.15, -0.1) is 0 Å². The molecular weight excluding hydrogens is 302 g/mol. The summed E-state index contributed by atoms with van der Waals surface area (Å²) in [4.78, 5) is 6.61. The van der Waals surface area contributed by atoms with Crippen molar-refractivity contribution >= 4 is 22.3 Å². The lowest BCUT2D eigenvalue weighted by molar-refractivity contribution is 0.398. The number of benzene rings is 2. The summed E-state index contributed by atoms with van der Waals surface area (Å²) in [6, 6.07) is 11.6. The maximum atomic E-state index is 5.95. The highest BCUT2D eigenvalue weighted by Gasteiger charge is 2.16. The summed E-state index contributed by atoms with van der Waals surface area (Å²) in [5.41, 5.74) is 8.64. The Balaban J connectivity index is 2.41. The molecule has 24 heavy (non-hydrogen) atoms. The predicted molar refractivity (Wildman–Crippen MR) is 99.0 cm³/mol. The first-order valence-electron chi connectivity index (χ1n) is 7.63. The number of fused-ring (bicyclic) bond motifs is 1. The molecular formula is C19H21N3O2. The van der Waals surface area contributed by atoms with Gasteiger partial charge in [-0.2, -0.15) is 0 Å². The number of anilines is 2. The largest absolute Gasteiger partial charge is 0.497 e. The van der Waals surface area contributed by atoms with Crippen molar-refractivity contribution in [3.8, 4) is 22.6 Å². The average molecular weight is 323 g/mol. The first-order chi connectivity index (χ1) is 11.5. The Labute approximate surface area is 141 Å². The van der Waals surface area contributed by atoms with E-state index in [1.54, 1.807) is 14.2 Å². The molecule has 124 valence electrons. The van der Waals surface area contributed by atoms with Crippen molar-refractivity contribution in [2.45, 2.75) is 0 Å². The Kier molecular flexibility index (Phi) is 4.16. The van der Waals surface area contributed by atoms with Crippen molar-refractivity contribution in [3.05, 3.63) is 42.6 Å². The van der Waals surface area contributed by atoms with Gasteiger partial charge in [0.15, 0.2) is 0 Å². The minimum atomic E-state index is 0.713. The molecule has 0 amide bonds. The van der Waals surface area contributed by atoms with Crippen LogP contribution in [0.5, 0.6) is 11.5 Å². The van der Waals surface area contributed by atoms with E-state index in [0.29, 0.717) is 5.69 Å². The number of hydrogen-bond donors (Lipinski definition) is 1. The number of aromatic nitrogens is 1. The zero-order valence-corrected chi connectivity index (χ0v) is 14.3. The summed E-state index contributed by atoms with van der Waals surface area (Å²) in [6.45, 7) is 0. The molecule has 3 aromatic rings. The van der Waals surface area contributed by atoms with Crippen LogP contribution in [-0.2, 0) is 0 Å². The minimum Gasteiger partial charge on any atom is -0.497 e. The Hall–Kier alpha value is -2.95. The molecule has 0 spiro atoms. The summed E-state index contributed by atoms with van der Waals surface area (Å²) >= 11 is 0. The van der Waals surface area contributed by atoms with Crippen LogP contribution in [0.1, 0.15) is 0 Å². The lowest BCUT2D eigenvalue weighted by Gasteiger charge is -2.19. The van der Waals surface area contributed by atoms with E-state index in [1.807, 2.05) is 61.6 Å². The molecule has 0 saturated heterocycles. The van der Waals surface area contributed by atoms with Gasteiger partial charge in [-0.3, -0.25) is 0 Å². The van der Waals surface area contributed by atoms with E-state index >= 15 is 0 Å². The first-order valence-corrected chi connectivity index (χ1v) is 7.63. The minimum absolute atomic E-state index is 0.713. The van der Waals surface area contributed by atoms with Gasteiger partial charge in [0.1, 0.15) is 17.3 Å². The van der Waals surface area contributed by atoms with Gasteiger partial charge in [-0.1, -0.05) is 12.1 Å². The van der Waals surface area contributed by atoms with Gasteiger partial charge in [0, 0.05) is 48.4 Å². The first kappa shape index (κ1) is 15.9. The molecule has 0 aliphatic carbocycles. The van der Waals surface area contributed by atoms with E-state index in [9.17, 15) is 0 Å². The highest BCUT2D eigenvalue weighted by atomic mass is 16.5. The van der Waals surface area contributed by atoms with Crippen LogP contribution in [0.2, 0.25) is 0 Å².